The molecule has 0 spiro atoms. The van der Waals surface area contributed by atoms with E-state index in [4.69, 9.17) is 28.4 Å². The zero-order valence-electron chi connectivity index (χ0n) is 12.3. The minimum atomic E-state index is -0.680. The van der Waals surface area contributed by atoms with Gasteiger partial charge in [-0.3, -0.25) is 14.8 Å². The highest BCUT2D eigenvalue weighted by Crippen LogP contribution is 2.25. The molecule has 5 nitrogen and oxygen atoms in total. The van der Waals surface area contributed by atoms with Crippen LogP contribution < -0.4 is 11.0 Å². The van der Waals surface area contributed by atoms with Crippen molar-refractivity contribution in [2.45, 2.75) is 6.54 Å². The Bertz CT molecular complexity index is 979. The van der Waals surface area contributed by atoms with E-state index in [0.717, 1.165) is 0 Å². The number of hydrogen-bond donors (Lipinski definition) is 2. The molecule has 0 aliphatic rings. The van der Waals surface area contributed by atoms with Crippen LogP contribution in [-0.2, 0) is 6.54 Å². The fourth-order valence-electron chi connectivity index (χ4n) is 2.46. The molecule has 0 unspecified atom stereocenters. The topological polar surface area (TPSA) is 71.3 Å². The number of amides is 1. The molecule has 122 valence electrons. The van der Waals surface area contributed by atoms with Crippen LogP contribution in [0, 0.1) is 0 Å². The van der Waals surface area contributed by atoms with Gasteiger partial charge in [-0.25, -0.2) is 5.48 Å². The van der Waals surface area contributed by atoms with Crippen molar-refractivity contribution in [3.05, 3.63) is 80.2 Å². The van der Waals surface area contributed by atoms with Gasteiger partial charge in [-0.1, -0.05) is 35.3 Å². The minimum absolute atomic E-state index is 0.190. The van der Waals surface area contributed by atoms with Crippen molar-refractivity contribution in [2.24, 2.45) is 0 Å². The van der Waals surface area contributed by atoms with Crippen molar-refractivity contribution in [3.8, 4) is 0 Å². The monoisotopic (exact) mass is 362 g/mol. The summed E-state index contributed by atoms with van der Waals surface area (Å²) in [5, 5.41) is 10.7. The fraction of sp³-hybridized carbons (Fsp3) is 0.0588. The number of hydrogen-bond acceptors (Lipinski definition) is 3. The predicted molar refractivity (Wildman–Crippen MR) is 93.0 cm³/mol. The van der Waals surface area contributed by atoms with Crippen molar-refractivity contribution in [2.75, 3.05) is 0 Å². The van der Waals surface area contributed by atoms with Gasteiger partial charge in [0.25, 0.3) is 11.5 Å². The van der Waals surface area contributed by atoms with E-state index < -0.39 is 5.91 Å². The molecule has 1 aromatic heterocycles. The third-order valence-corrected chi connectivity index (χ3v) is 4.44. The number of fused-ring (bicyclic) bond motifs is 1. The van der Waals surface area contributed by atoms with E-state index in [-0.39, 0.29) is 17.7 Å². The molecule has 7 heteroatoms. The first-order valence-electron chi connectivity index (χ1n) is 7.02. The molecule has 0 aliphatic heterocycles. The first-order valence-corrected chi connectivity index (χ1v) is 7.77. The van der Waals surface area contributed by atoms with Gasteiger partial charge in [0, 0.05) is 32.8 Å². The Kier molecular flexibility index (Phi) is 4.57. The number of nitrogens with zero attached hydrogens (tertiary/aromatic N) is 1. The highest BCUT2D eigenvalue weighted by molar-refractivity contribution is 6.35. The molecule has 3 aromatic rings. The van der Waals surface area contributed by atoms with Gasteiger partial charge in [0.1, 0.15) is 0 Å². The zero-order chi connectivity index (χ0) is 17.3. The SMILES string of the molecule is O=C(NO)c1ccc2ccn(Cc3c(Cl)cccc3Cl)c(=O)c2c1. The highest BCUT2D eigenvalue weighted by atomic mass is 35.5. The summed E-state index contributed by atoms with van der Waals surface area (Å²) in [6.45, 7) is 0.212. The molecule has 3 rings (SSSR count). The van der Waals surface area contributed by atoms with Gasteiger partial charge in [-0.2, -0.15) is 0 Å². The second kappa shape index (κ2) is 6.65. The Hall–Kier alpha value is -2.34. The summed E-state index contributed by atoms with van der Waals surface area (Å²) >= 11 is 12.3. The van der Waals surface area contributed by atoms with Gasteiger partial charge in [0.2, 0.25) is 0 Å². The molecular formula is C17H12Cl2N2O3. The van der Waals surface area contributed by atoms with Gasteiger partial charge in [0.15, 0.2) is 0 Å². The second-order valence-electron chi connectivity index (χ2n) is 5.19. The van der Waals surface area contributed by atoms with E-state index in [9.17, 15) is 9.59 Å². The Morgan fingerprint density at radius 2 is 1.83 bits per heavy atom. The number of carbonyl (C=O) groups is 1. The zero-order valence-corrected chi connectivity index (χ0v) is 13.8. The molecule has 0 radical (unpaired) electrons. The normalized spacial score (nSPS) is 10.8. The van der Waals surface area contributed by atoms with Crippen molar-refractivity contribution in [1.29, 1.82) is 0 Å². The summed E-state index contributed by atoms with van der Waals surface area (Å²) in [7, 11) is 0. The minimum Gasteiger partial charge on any atom is -0.310 e. The Morgan fingerprint density at radius 3 is 2.50 bits per heavy atom. The summed E-state index contributed by atoms with van der Waals surface area (Å²) < 4.78 is 1.47. The molecule has 0 bridgehead atoms. The third-order valence-electron chi connectivity index (χ3n) is 3.73. The number of carbonyl (C=O) groups excluding carboxylic acids is 1. The quantitative estimate of drug-likeness (QED) is 0.553. The lowest BCUT2D eigenvalue weighted by atomic mass is 10.1. The van der Waals surface area contributed by atoms with Crippen molar-refractivity contribution < 1.29 is 10.0 Å². The number of hydroxylamine groups is 1. The molecule has 0 atom stereocenters. The molecule has 2 N–H and O–H groups in total. The number of aromatic nitrogens is 1. The van der Waals surface area contributed by atoms with Crippen LogP contribution >= 0.6 is 23.2 Å². The first kappa shape index (κ1) is 16.5. The van der Waals surface area contributed by atoms with Crippen LogP contribution in [0.5, 0.6) is 0 Å². The maximum atomic E-state index is 12.7. The lowest BCUT2D eigenvalue weighted by molar-refractivity contribution is 0.0706. The van der Waals surface area contributed by atoms with E-state index in [1.54, 1.807) is 42.0 Å². The standard InChI is InChI=1S/C17H12Cl2N2O3/c18-14-2-1-3-15(19)13(14)9-21-7-6-10-4-5-11(16(22)20-24)8-12(10)17(21)23/h1-8,24H,9H2,(H,20,22). The van der Waals surface area contributed by atoms with Crippen molar-refractivity contribution >= 4 is 39.9 Å². The highest BCUT2D eigenvalue weighted by Gasteiger charge is 2.11. The van der Waals surface area contributed by atoms with Gasteiger partial charge in [0.05, 0.1) is 6.54 Å². The molecule has 0 saturated heterocycles. The van der Waals surface area contributed by atoms with E-state index in [1.165, 1.54) is 16.7 Å². The molecule has 1 heterocycles. The number of rotatable bonds is 3. The maximum Gasteiger partial charge on any atom is 0.274 e. The Balaban J connectivity index is 2.11. The molecule has 24 heavy (non-hydrogen) atoms. The van der Waals surface area contributed by atoms with Gasteiger partial charge in [-0.15, -0.1) is 0 Å². The van der Waals surface area contributed by atoms with Crippen LogP contribution in [0.1, 0.15) is 15.9 Å². The van der Waals surface area contributed by atoms with Crippen LogP contribution in [0.25, 0.3) is 10.8 Å². The van der Waals surface area contributed by atoms with E-state index in [0.29, 0.717) is 26.4 Å². The van der Waals surface area contributed by atoms with Crippen LogP contribution in [-0.4, -0.2) is 15.7 Å². The predicted octanol–water partition coefficient (Wildman–Crippen LogP) is 3.48. The van der Waals surface area contributed by atoms with Gasteiger partial charge >= 0.3 is 0 Å². The number of pyridine rings is 1. The molecule has 0 saturated carbocycles. The fourth-order valence-corrected chi connectivity index (χ4v) is 2.98. The van der Waals surface area contributed by atoms with Crippen molar-refractivity contribution in [3.63, 3.8) is 0 Å². The second-order valence-corrected chi connectivity index (χ2v) is 6.01. The smallest absolute Gasteiger partial charge is 0.274 e. The van der Waals surface area contributed by atoms with Crippen LogP contribution in [0.15, 0.2) is 53.5 Å². The van der Waals surface area contributed by atoms with E-state index in [2.05, 4.69) is 0 Å². The first-order chi connectivity index (χ1) is 11.5. The summed E-state index contributed by atoms with van der Waals surface area (Å²) in [6, 6.07) is 11.5. The van der Waals surface area contributed by atoms with E-state index in [1.807, 2.05) is 0 Å². The number of halogens is 2. The van der Waals surface area contributed by atoms with E-state index >= 15 is 0 Å². The summed E-state index contributed by atoms with van der Waals surface area (Å²) in [4.78, 5) is 24.2. The Labute approximate surface area is 147 Å². The molecular weight excluding hydrogens is 351 g/mol. The number of nitrogens with one attached hydrogen (secondary N) is 1. The maximum absolute atomic E-state index is 12.7. The lowest BCUT2D eigenvalue weighted by Crippen LogP contribution is -2.22. The van der Waals surface area contributed by atoms with Crippen LogP contribution in [0.4, 0.5) is 0 Å². The third kappa shape index (κ3) is 3.01. The lowest BCUT2D eigenvalue weighted by Gasteiger charge is -2.11. The van der Waals surface area contributed by atoms with Crippen LogP contribution in [0.2, 0.25) is 10.0 Å². The number of benzene rings is 2. The average molecular weight is 363 g/mol. The van der Waals surface area contributed by atoms with Crippen molar-refractivity contribution in [1.82, 2.24) is 10.0 Å². The van der Waals surface area contributed by atoms with Gasteiger partial charge < -0.3 is 4.57 Å². The van der Waals surface area contributed by atoms with Gasteiger partial charge in [-0.05, 0) is 35.7 Å². The van der Waals surface area contributed by atoms with Crippen LogP contribution in [0.3, 0.4) is 0 Å². The Morgan fingerprint density at radius 1 is 1.12 bits per heavy atom. The summed E-state index contributed by atoms with van der Waals surface area (Å²) in [5.41, 5.74) is 2.11. The largest absolute Gasteiger partial charge is 0.310 e. The summed E-state index contributed by atoms with van der Waals surface area (Å²) in [5.74, 6) is -0.680. The average Bonchev–Trinajstić information content (AvgIpc) is 2.59. The molecule has 0 aliphatic carbocycles. The molecule has 2 aromatic carbocycles. The molecule has 1 amide bonds. The summed E-state index contributed by atoms with van der Waals surface area (Å²) in [6.07, 6.45) is 1.65. The molecule has 0 fully saturated rings.